The summed E-state index contributed by atoms with van der Waals surface area (Å²) in [6, 6.07) is 6.62. The summed E-state index contributed by atoms with van der Waals surface area (Å²) >= 11 is 5.80. The van der Waals surface area contributed by atoms with Crippen molar-refractivity contribution in [2.75, 3.05) is 13.7 Å². The van der Waals surface area contributed by atoms with Gasteiger partial charge in [-0.05, 0) is 24.6 Å². The SMILES string of the molecule is COCC1(C)NC(=O)N(Cc2ccc(Cl)cc2)C1=O. The standard InChI is InChI=1S/C13H15ClN2O3/c1-13(8-19-2)11(17)16(12(18)15-13)7-9-3-5-10(14)6-4-9/h3-6H,7-8H2,1-2H3,(H,15,18). The fourth-order valence-corrected chi connectivity index (χ4v) is 2.18. The molecule has 0 bridgehead atoms. The predicted molar refractivity (Wildman–Crippen MR) is 70.8 cm³/mol. The molecule has 1 atom stereocenters. The van der Waals surface area contributed by atoms with Gasteiger partial charge in [0.05, 0.1) is 13.2 Å². The molecule has 1 aliphatic rings. The molecule has 5 nitrogen and oxygen atoms in total. The quantitative estimate of drug-likeness (QED) is 0.857. The Morgan fingerprint density at radius 3 is 2.53 bits per heavy atom. The molecule has 0 spiro atoms. The summed E-state index contributed by atoms with van der Waals surface area (Å²) in [5.41, 5.74) is -0.146. The number of carbonyl (C=O) groups is 2. The van der Waals surface area contributed by atoms with Crippen molar-refractivity contribution in [3.63, 3.8) is 0 Å². The first-order chi connectivity index (χ1) is 8.96. The molecule has 0 aromatic heterocycles. The van der Waals surface area contributed by atoms with E-state index in [-0.39, 0.29) is 19.1 Å². The molecule has 0 radical (unpaired) electrons. The van der Waals surface area contributed by atoms with E-state index in [1.165, 1.54) is 12.0 Å². The van der Waals surface area contributed by atoms with Gasteiger partial charge in [-0.15, -0.1) is 0 Å². The summed E-state index contributed by atoms with van der Waals surface area (Å²) in [5, 5.41) is 3.26. The van der Waals surface area contributed by atoms with Gasteiger partial charge in [-0.1, -0.05) is 23.7 Å². The van der Waals surface area contributed by atoms with E-state index in [1.807, 2.05) is 0 Å². The number of amides is 3. The highest BCUT2D eigenvalue weighted by atomic mass is 35.5. The summed E-state index contributed by atoms with van der Waals surface area (Å²) < 4.78 is 4.98. The molecule has 1 aromatic carbocycles. The minimum Gasteiger partial charge on any atom is -0.382 e. The van der Waals surface area contributed by atoms with E-state index in [0.29, 0.717) is 5.02 Å². The molecule has 1 N–H and O–H groups in total. The molecule has 102 valence electrons. The number of halogens is 1. The Morgan fingerprint density at radius 1 is 1.32 bits per heavy atom. The molecule has 0 aliphatic carbocycles. The normalized spacial score (nSPS) is 22.8. The minimum atomic E-state index is -0.988. The van der Waals surface area contributed by atoms with Gasteiger partial charge in [-0.25, -0.2) is 4.79 Å². The number of hydrogen-bond donors (Lipinski definition) is 1. The van der Waals surface area contributed by atoms with Gasteiger partial charge in [-0.3, -0.25) is 9.69 Å². The highest BCUT2D eigenvalue weighted by Crippen LogP contribution is 2.21. The lowest BCUT2D eigenvalue weighted by Crippen LogP contribution is -2.47. The average molecular weight is 283 g/mol. The molecule has 19 heavy (non-hydrogen) atoms. The molecule has 6 heteroatoms. The van der Waals surface area contributed by atoms with Gasteiger partial charge in [0.15, 0.2) is 0 Å². The van der Waals surface area contributed by atoms with Crippen LogP contribution in [0.4, 0.5) is 4.79 Å². The second-order valence-electron chi connectivity index (χ2n) is 4.71. The number of ether oxygens (including phenoxy) is 1. The maximum atomic E-state index is 12.2. The van der Waals surface area contributed by atoms with Crippen LogP contribution in [0.5, 0.6) is 0 Å². The van der Waals surface area contributed by atoms with E-state index >= 15 is 0 Å². The Bertz CT molecular complexity index is 503. The minimum absolute atomic E-state index is 0.148. The lowest BCUT2D eigenvalue weighted by Gasteiger charge is -2.20. The number of benzene rings is 1. The Labute approximate surface area is 116 Å². The van der Waals surface area contributed by atoms with Crippen LogP contribution in [0.15, 0.2) is 24.3 Å². The first kappa shape index (κ1) is 13.8. The highest BCUT2D eigenvalue weighted by Gasteiger charge is 2.47. The fraction of sp³-hybridized carbons (Fsp3) is 0.385. The van der Waals surface area contributed by atoms with Crippen molar-refractivity contribution in [3.05, 3.63) is 34.9 Å². The number of nitrogens with zero attached hydrogens (tertiary/aromatic N) is 1. The fourth-order valence-electron chi connectivity index (χ4n) is 2.05. The maximum Gasteiger partial charge on any atom is 0.325 e. The van der Waals surface area contributed by atoms with Crippen molar-refractivity contribution >= 4 is 23.5 Å². The van der Waals surface area contributed by atoms with Crippen LogP contribution in [0.2, 0.25) is 5.02 Å². The number of imide groups is 1. The molecule has 1 unspecified atom stereocenters. The number of nitrogens with one attached hydrogen (secondary N) is 1. The number of urea groups is 1. The average Bonchev–Trinajstić information content (AvgIpc) is 2.56. The number of methoxy groups -OCH3 is 1. The number of rotatable bonds is 4. The van der Waals surface area contributed by atoms with Gasteiger partial charge in [0, 0.05) is 12.1 Å². The molecule has 1 aliphatic heterocycles. The van der Waals surface area contributed by atoms with E-state index < -0.39 is 11.6 Å². The molecule has 0 saturated carbocycles. The van der Waals surface area contributed by atoms with Crippen LogP contribution in [0.25, 0.3) is 0 Å². The van der Waals surface area contributed by atoms with Crippen molar-refractivity contribution in [3.8, 4) is 0 Å². The first-order valence-electron chi connectivity index (χ1n) is 5.84. The topological polar surface area (TPSA) is 58.6 Å². The van der Waals surface area contributed by atoms with Crippen LogP contribution in [0.1, 0.15) is 12.5 Å². The third kappa shape index (κ3) is 2.72. The van der Waals surface area contributed by atoms with Crippen molar-refractivity contribution in [1.82, 2.24) is 10.2 Å². The lowest BCUT2D eigenvalue weighted by molar-refractivity contribution is -0.132. The Morgan fingerprint density at radius 2 is 1.95 bits per heavy atom. The summed E-state index contributed by atoms with van der Waals surface area (Å²) in [4.78, 5) is 25.3. The van der Waals surface area contributed by atoms with E-state index in [4.69, 9.17) is 16.3 Å². The molecular formula is C13H15ClN2O3. The van der Waals surface area contributed by atoms with Crippen molar-refractivity contribution < 1.29 is 14.3 Å². The second-order valence-corrected chi connectivity index (χ2v) is 5.15. The van der Waals surface area contributed by atoms with Crippen LogP contribution in [-0.2, 0) is 16.1 Å². The van der Waals surface area contributed by atoms with Crippen molar-refractivity contribution in [2.24, 2.45) is 0 Å². The molecule has 3 amide bonds. The van der Waals surface area contributed by atoms with Gasteiger partial charge >= 0.3 is 6.03 Å². The lowest BCUT2D eigenvalue weighted by atomic mass is 10.0. The van der Waals surface area contributed by atoms with E-state index in [0.717, 1.165) is 5.56 Å². The Balaban J connectivity index is 2.15. The molecular weight excluding hydrogens is 268 g/mol. The zero-order chi connectivity index (χ0) is 14.0. The van der Waals surface area contributed by atoms with Crippen LogP contribution in [0.3, 0.4) is 0 Å². The smallest absolute Gasteiger partial charge is 0.325 e. The van der Waals surface area contributed by atoms with Gasteiger partial charge < -0.3 is 10.1 Å². The summed E-state index contributed by atoms with van der Waals surface area (Å²) in [6.07, 6.45) is 0. The molecule has 1 aromatic rings. The molecule has 1 heterocycles. The molecule has 1 fully saturated rings. The predicted octanol–water partition coefficient (Wildman–Crippen LogP) is 1.80. The Hall–Kier alpha value is -1.59. The summed E-state index contributed by atoms with van der Waals surface area (Å²) in [6.45, 7) is 2.02. The van der Waals surface area contributed by atoms with E-state index in [1.54, 1.807) is 31.2 Å². The van der Waals surface area contributed by atoms with Crippen molar-refractivity contribution in [2.45, 2.75) is 19.0 Å². The zero-order valence-electron chi connectivity index (χ0n) is 10.8. The first-order valence-corrected chi connectivity index (χ1v) is 6.21. The summed E-state index contributed by atoms with van der Waals surface area (Å²) in [7, 11) is 1.49. The molecule has 1 saturated heterocycles. The summed E-state index contributed by atoms with van der Waals surface area (Å²) in [5.74, 6) is -0.283. The Kier molecular flexibility index (Phi) is 3.78. The third-order valence-corrected chi connectivity index (χ3v) is 3.28. The van der Waals surface area contributed by atoms with E-state index in [9.17, 15) is 9.59 Å². The van der Waals surface area contributed by atoms with Crippen molar-refractivity contribution in [1.29, 1.82) is 0 Å². The van der Waals surface area contributed by atoms with Gasteiger partial charge in [0.1, 0.15) is 5.54 Å². The number of hydrogen-bond acceptors (Lipinski definition) is 3. The van der Waals surface area contributed by atoms with Crippen LogP contribution < -0.4 is 5.32 Å². The maximum absolute atomic E-state index is 12.2. The highest BCUT2D eigenvalue weighted by molar-refractivity contribution is 6.30. The van der Waals surface area contributed by atoms with Gasteiger partial charge in [-0.2, -0.15) is 0 Å². The second kappa shape index (κ2) is 5.19. The third-order valence-electron chi connectivity index (χ3n) is 3.03. The molecule has 2 rings (SSSR count). The van der Waals surface area contributed by atoms with Gasteiger partial charge in [0.25, 0.3) is 5.91 Å². The zero-order valence-corrected chi connectivity index (χ0v) is 11.5. The van der Waals surface area contributed by atoms with Crippen LogP contribution in [0, 0.1) is 0 Å². The monoisotopic (exact) mass is 282 g/mol. The van der Waals surface area contributed by atoms with Gasteiger partial charge in [0.2, 0.25) is 0 Å². The van der Waals surface area contributed by atoms with Crippen LogP contribution >= 0.6 is 11.6 Å². The number of carbonyl (C=O) groups excluding carboxylic acids is 2. The largest absolute Gasteiger partial charge is 0.382 e. The van der Waals surface area contributed by atoms with Crippen LogP contribution in [-0.4, -0.2) is 36.1 Å². The van der Waals surface area contributed by atoms with E-state index in [2.05, 4.69) is 5.32 Å².